The summed E-state index contributed by atoms with van der Waals surface area (Å²) in [6.07, 6.45) is 4.99. The lowest BCUT2D eigenvalue weighted by atomic mass is 9.80. The summed E-state index contributed by atoms with van der Waals surface area (Å²) in [4.78, 5) is 14.6. The molecule has 1 aromatic rings. The highest BCUT2D eigenvalue weighted by molar-refractivity contribution is 5.80. The van der Waals surface area contributed by atoms with E-state index in [2.05, 4.69) is 10.00 Å². The molecule has 6 heteroatoms. The molecule has 1 aromatic heterocycles. The quantitative estimate of drug-likeness (QED) is 0.809. The molecule has 0 unspecified atom stereocenters. The van der Waals surface area contributed by atoms with Gasteiger partial charge in [-0.3, -0.25) is 14.4 Å². The number of methoxy groups -OCH3 is 1. The van der Waals surface area contributed by atoms with Crippen LogP contribution in [0.15, 0.2) is 0 Å². The minimum absolute atomic E-state index is 0.0728. The van der Waals surface area contributed by atoms with Crippen LogP contribution in [0.5, 0.6) is 0 Å². The molecule has 1 saturated carbocycles. The number of aromatic nitrogens is 2. The van der Waals surface area contributed by atoms with Crippen LogP contribution >= 0.6 is 0 Å². The highest BCUT2D eigenvalue weighted by Crippen LogP contribution is 2.35. The first-order valence-electron chi connectivity index (χ1n) is 8.39. The minimum Gasteiger partial charge on any atom is -0.468 e. The number of carbonyl (C=O) groups excluding carboxylic acids is 1. The molecule has 1 aliphatic carbocycles. The minimum atomic E-state index is -0.523. The van der Waals surface area contributed by atoms with E-state index in [0.29, 0.717) is 13.1 Å². The van der Waals surface area contributed by atoms with Crippen LogP contribution in [-0.2, 0) is 22.6 Å². The second-order valence-electron chi connectivity index (χ2n) is 6.54. The van der Waals surface area contributed by atoms with E-state index < -0.39 is 5.54 Å². The van der Waals surface area contributed by atoms with Crippen molar-refractivity contribution in [2.75, 3.05) is 20.8 Å². The van der Waals surface area contributed by atoms with Gasteiger partial charge in [0.25, 0.3) is 0 Å². The maximum Gasteiger partial charge on any atom is 0.326 e. The second kappa shape index (κ2) is 7.45. The van der Waals surface area contributed by atoms with Crippen molar-refractivity contribution < 1.29 is 14.6 Å². The second-order valence-corrected chi connectivity index (χ2v) is 6.54. The van der Waals surface area contributed by atoms with Crippen molar-refractivity contribution in [3.05, 3.63) is 17.0 Å². The highest BCUT2D eigenvalue weighted by atomic mass is 16.5. The maximum atomic E-state index is 12.5. The van der Waals surface area contributed by atoms with E-state index in [4.69, 9.17) is 9.84 Å². The van der Waals surface area contributed by atoms with Crippen LogP contribution in [-0.4, -0.2) is 52.1 Å². The Kier molecular flexibility index (Phi) is 5.81. The molecular weight excluding hydrogens is 294 g/mol. The van der Waals surface area contributed by atoms with E-state index in [0.717, 1.165) is 42.6 Å². The summed E-state index contributed by atoms with van der Waals surface area (Å²) in [5, 5.41) is 13.6. The van der Waals surface area contributed by atoms with Crippen molar-refractivity contribution >= 4 is 5.97 Å². The smallest absolute Gasteiger partial charge is 0.326 e. The van der Waals surface area contributed by atoms with E-state index in [1.165, 1.54) is 13.5 Å². The van der Waals surface area contributed by atoms with Crippen molar-refractivity contribution in [1.29, 1.82) is 0 Å². The van der Waals surface area contributed by atoms with E-state index in [9.17, 15) is 4.79 Å². The van der Waals surface area contributed by atoms with Gasteiger partial charge in [-0.15, -0.1) is 0 Å². The standard InChI is InChI=1S/C17H29N3O3/c1-13-15(14(2)20(18-13)10-11-21)12-19(3)17(16(22)23-4)8-6-5-7-9-17/h21H,5-12H2,1-4H3. The molecular formula is C17H29N3O3. The van der Waals surface area contributed by atoms with E-state index in [-0.39, 0.29) is 12.6 Å². The fraction of sp³-hybridized carbons (Fsp3) is 0.765. The summed E-state index contributed by atoms with van der Waals surface area (Å²) in [5.41, 5.74) is 2.62. The fourth-order valence-corrected chi connectivity index (χ4v) is 3.73. The van der Waals surface area contributed by atoms with Crippen molar-refractivity contribution in [3.8, 4) is 0 Å². The normalized spacial score (nSPS) is 17.5. The molecule has 0 atom stereocenters. The summed E-state index contributed by atoms with van der Waals surface area (Å²) in [7, 11) is 3.48. The van der Waals surface area contributed by atoms with Gasteiger partial charge in [-0.2, -0.15) is 5.10 Å². The zero-order valence-corrected chi connectivity index (χ0v) is 14.8. The van der Waals surface area contributed by atoms with Crippen LogP contribution in [0.4, 0.5) is 0 Å². The Hall–Kier alpha value is -1.40. The number of hydrogen-bond donors (Lipinski definition) is 1. The predicted octanol–water partition coefficient (Wildman–Crippen LogP) is 1.80. The van der Waals surface area contributed by atoms with E-state index in [1.807, 2.05) is 25.6 Å². The number of hydrogen-bond acceptors (Lipinski definition) is 5. The number of aliphatic hydroxyl groups excluding tert-OH is 1. The fourth-order valence-electron chi connectivity index (χ4n) is 3.73. The number of nitrogens with zero attached hydrogens (tertiary/aromatic N) is 3. The molecule has 0 aromatic carbocycles. The first-order chi connectivity index (χ1) is 11.0. The first-order valence-corrected chi connectivity index (χ1v) is 8.39. The molecule has 0 amide bonds. The van der Waals surface area contributed by atoms with Gasteiger partial charge in [0.15, 0.2) is 0 Å². The number of likely N-dealkylation sites (N-methyl/N-ethyl adjacent to an activating group) is 1. The lowest BCUT2D eigenvalue weighted by Crippen LogP contribution is -2.54. The summed E-state index contributed by atoms with van der Waals surface area (Å²) >= 11 is 0. The predicted molar refractivity (Wildman–Crippen MR) is 88.1 cm³/mol. The van der Waals surface area contributed by atoms with Crippen molar-refractivity contribution in [1.82, 2.24) is 14.7 Å². The lowest BCUT2D eigenvalue weighted by Gasteiger charge is -2.42. The number of rotatable bonds is 6. The molecule has 6 nitrogen and oxygen atoms in total. The molecule has 2 rings (SSSR count). The molecule has 0 aliphatic heterocycles. The van der Waals surface area contributed by atoms with E-state index >= 15 is 0 Å². The Morgan fingerprint density at radius 2 is 2.00 bits per heavy atom. The van der Waals surface area contributed by atoms with E-state index in [1.54, 1.807) is 0 Å². The molecule has 1 N–H and O–H groups in total. The molecule has 1 aliphatic rings. The van der Waals surface area contributed by atoms with Crippen LogP contribution in [0.2, 0.25) is 0 Å². The Bertz CT molecular complexity index is 548. The van der Waals surface area contributed by atoms with Crippen LogP contribution < -0.4 is 0 Å². The van der Waals surface area contributed by atoms with Crippen LogP contribution in [0.25, 0.3) is 0 Å². The van der Waals surface area contributed by atoms with Gasteiger partial charge in [-0.25, -0.2) is 0 Å². The van der Waals surface area contributed by atoms with Gasteiger partial charge in [0, 0.05) is 17.8 Å². The topological polar surface area (TPSA) is 67.6 Å². The third kappa shape index (κ3) is 3.43. The van der Waals surface area contributed by atoms with Gasteiger partial charge in [0.2, 0.25) is 0 Å². The lowest BCUT2D eigenvalue weighted by molar-refractivity contribution is -0.157. The molecule has 1 heterocycles. The average molecular weight is 323 g/mol. The third-order valence-electron chi connectivity index (χ3n) is 5.22. The average Bonchev–Trinajstić information content (AvgIpc) is 2.82. The van der Waals surface area contributed by atoms with Gasteiger partial charge < -0.3 is 9.84 Å². The summed E-state index contributed by atoms with van der Waals surface area (Å²) < 4.78 is 6.96. The van der Waals surface area contributed by atoms with Gasteiger partial charge in [-0.05, 0) is 33.7 Å². The molecule has 0 bridgehead atoms. The number of aryl methyl sites for hydroxylation is 1. The largest absolute Gasteiger partial charge is 0.468 e. The van der Waals surface area contributed by atoms with Gasteiger partial charge in [0.05, 0.1) is 26.0 Å². The van der Waals surface area contributed by atoms with Crippen molar-refractivity contribution in [3.63, 3.8) is 0 Å². The zero-order chi connectivity index (χ0) is 17.0. The Balaban J connectivity index is 2.25. The molecule has 1 fully saturated rings. The summed E-state index contributed by atoms with van der Waals surface area (Å²) in [6.45, 7) is 5.24. The SMILES string of the molecule is COC(=O)C1(N(C)Cc2c(C)nn(CCO)c2C)CCCCC1. The molecule has 0 saturated heterocycles. The van der Waals surface area contributed by atoms with Crippen molar-refractivity contribution in [2.24, 2.45) is 0 Å². The Morgan fingerprint density at radius 3 is 2.57 bits per heavy atom. The van der Waals surface area contributed by atoms with Crippen molar-refractivity contribution in [2.45, 2.75) is 64.6 Å². The molecule has 0 radical (unpaired) electrons. The molecule has 0 spiro atoms. The Labute approximate surface area is 138 Å². The number of ether oxygens (including phenoxy) is 1. The zero-order valence-electron chi connectivity index (χ0n) is 14.8. The Morgan fingerprint density at radius 1 is 1.35 bits per heavy atom. The monoisotopic (exact) mass is 323 g/mol. The first kappa shape index (κ1) is 17.9. The highest BCUT2D eigenvalue weighted by Gasteiger charge is 2.44. The number of aliphatic hydroxyl groups is 1. The van der Waals surface area contributed by atoms with Crippen LogP contribution in [0.1, 0.15) is 49.1 Å². The third-order valence-corrected chi connectivity index (χ3v) is 5.22. The van der Waals surface area contributed by atoms with Gasteiger partial charge in [-0.1, -0.05) is 19.3 Å². The molecule has 23 heavy (non-hydrogen) atoms. The number of carbonyl (C=O) groups is 1. The molecule has 130 valence electrons. The maximum absolute atomic E-state index is 12.5. The number of esters is 1. The van der Waals surface area contributed by atoms with Crippen LogP contribution in [0.3, 0.4) is 0 Å². The van der Waals surface area contributed by atoms with Crippen LogP contribution in [0, 0.1) is 13.8 Å². The van der Waals surface area contributed by atoms with Gasteiger partial charge in [0.1, 0.15) is 5.54 Å². The summed E-state index contributed by atoms with van der Waals surface area (Å²) in [5.74, 6) is -0.127. The summed E-state index contributed by atoms with van der Waals surface area (Å²) in [6, 6.07) is 0. The van der Waals surface area contributed by atoms with Gasteiger partial charge >= 0.3 is 5.97 Å².